The molecule has 6 heteroatoms. The van der Waals surface area contributed by atoms with E-state index in [-0.39, 0.29) is 24.0 Å². The van der Waals surface area contributed by atoms with Gasteiger partial charge in [-0.15, -0.1) is 24.0 Å². The first-order valence-electron chi connectivity index (χ1n) is 9.34. The standard InChI is InChI=1S/C21H29N5.HI/c1-17-14-18(2)16-19(15-17)7-9-24-21(22-3)26-12-10-25(11-13-26)20-6-4-5-8-23-20;/h4-6,8,14-16H,7,9-13H2,1-3H3,(H,22,24);1H. The minimum Gasteiger partial charge on any atom is -0.356 e. The summed E-state index contributed by atoms with van der Waals surface area (Å²) >= 11 is 0. The van der Waals surface area contributed by atoms with Gasteiger partial charge < -0.3 is 15.1 Å². The molecule has 1 aliphatic rings. The number of nitrogens with zero attached hydrogens (tertiary/aromatic N) is 4. The van der Waals surface area contributed by atoms with Gasteiger partial charge in [0.05, 0.1) is 0 Å². The third-order valence-electron chi connectivity index (χ3n) is 4.74. The summed E-state index contributed by atoms with van der Waals surface area (Å²) < 4.78 is 0. The number of aliphatic imine (C=N–C) groups is 1. The summed E-state index contributed by atoms with van der Waals surface area (Å²) in [5.74, 6) is 2.06. The Labute approximate surface area is 179 Å². The molecule has 1 saturated heterocycles. The number of nitrogens with one attached hydrogen (secondary N) is 1. The molecule has 0 amide bonds. The molecule has 2 heterocycles. The second kappa shape index (κ2) is 10.5. The Balaban J connectivity index is 0.00000261. The van der Waals surface area contributed by atoms with Gasteiger partial charge in [0, 0.05) is 46.0 Å². The van der Waals surface area contributed by atoms with Crippen LogP contribution in [0.4, 0.5) is 5.82 Å². The van der Waals surface area contributed by atoms with Crippen LogP contribution in [0.3, 0.4) is 0 Å². The highest BCUT2D eigenvalue weighted by atomic mass is 127. The van der Waals surface area contributed by atoms with E-state index >= 15 is 0 Å². The number of piperazine rings is 1. The van der Waals surface area contributed by atoms with Crippen LogP contribution in [-0.4, -0.2) is 55.6 Å². The molecule has 1 fully saturated rings. The van der Waals surface area contributed by atoms with E-state index in [4.69, 9.17) is 0 Å². The van der Waals surface area contributed by atoms with Crippen molar-refractivity contribution in [3.63, 3.8) is 0 Å². The molecule has 1 aromatic heterocycles. The van der Waals surface area contributed by atoms with Crippen LogP contribution in [-0.2, 0) is 6.42 Å². The maximum Gasteiger partial charge on any atom is 0.193 e. The molecule has 1 N–H and O–H groups in total. The van der Waals surface area contributed by atoms with Crippen LogP contribution in [0, 0.1) is 13.8 Å². The number of aryl methyl sites for hydroxylation is 2. The summed E-state index contributed by atoms with van der Waals surface area (Å²) in [6.45, 7) is 9.06. The van der Waals surface area contributed by atoms with E-state index in [1.54, 1.807) is 0 Å². The Morgan fingerprint density at radius 2 is 1.78 bits per heavy atom. The fraction of sp³-hybridized carbons (Fsp3) is 0.429. The van der Waals surface area contributed by atoms with E-state index in [0.29, 0.717) is 0 Å². The maximum atomic E-state index is 4.47. The fourth-order valence-corrected chi connectivity index (χ4v) is 3.55. The topological polar surface area (TPSA) is 43.8 Å². The van der Waals surface area contributed by atoms with Crippen LogP contribution in [0.1, 0.15) is 16.7 Å². The molecule has 2 aromatic rings. The molecule has 27 heavy (non-hydrogen) atoms. The quantitative estimate of drug-likeness (QED) is 0.416. The van der Waals surface area contributed by atoms with Crippen molar-refractivity contribution in [2.75, 3.05) is 44.7 Å². The van der Waals surface area contributed by atoms with Gasteiger partial charge in [0.25, 0.3) is 0 Å². The Kier molecular flexibility index (Phi) is 8.34. The van der Waals surface area contributed by atoms with Crippen LogP contribution >= 0.6 is 24.0 Å². The van der Waals surface area contributed by atoms with Crippen LogP contribution in [0.25, 0.3) is 0 Å². The largest absolute Gasteiger partial charge is 0.356 e. The lowest BCUT2D eigenvalue weighted by atomic mass is 10.1. The summed E-state index contributed by atoms with van der Waals surface area (Å²) in [6.07, 6.45) is 2.87. The highest BCUT2D eigenvalue weighted by Gasteiger charge is 2.20. The lowest BCUT2D eigenvalue weighted by molar-refractivity contribution is 0.372. The van der Waals surface area contributed by atoms with Gasteiger partial charge in [0.15, 0.2) is 5.96 Å². The molecule has 3 rings (SSSR count). The number of halogens is 1. The molecule has 5 nitrogen and oxygen atoms in total. The van der Waals surface area contributed by atoms with E-state index < -0.39 is 0 Å². The molecule has 0 atom stereocenters. The van der Waals surface area contributed by atoms with E-state index in [2.05, 4.69) is 63.2 Å². The van der Waals surface area contributed by atoms with E-state index in [1.807, 2.05) is 25.4 Å². The van der Waals surface area contributed by atoms with Crippen molar-refractivity contribution in [2.45, 2.75) is 20.3 Å². The van der Waals surface area contributed by atoms with Crippen molar-refractivity contribution >= 4 is 35.8 Å². The smallest absolute Gasteiger partial charge is 0.193 e. The van der Waals surface area contributed by atoms with Crippen molar-refractivity contribution in [1.82, 2.24) is 15.2 Å². The van der Waals surface area contributed by atoms with Crippen molar-refractivity contribution in [2.24, 2.45) is 4.99 Å². The van der Waals surface area contributed by atoms with Crippen LogP contribution in [0.15, 0.2) is 47.6 Å². The van der Waals surface area contributed by atoms with Gasteiger partial charge >= 0.3 is 0 Å². The van der Waals surface area contributed by atoms with Gasteiger partial charge in [-0.05, 0) is 38.0 Å². The Morgan fingerprint density at radius 3 is 2.37 bits per heavy atom. The van der Waals surface area contributed by atoms with Gasteiger partial charge in [-0.1, -0.05) is 35.4 Å². The summed E-state index contributed by atoms with van der Waals surface area (Å²) in [5.41, 5.74) is 4.04. The van der Waals surface area contributed by atoms with Crippen molar-refractivity contribution in [1.29, 1.82) is 0 Å². The molecule has 1 aliphatic heterocycles. The number of benzene rings is 1. The average molecular weight is 479 g/mol. The number of anilines is 1. The zero-order chi connectivity index (χ0) is 18.4. The molecule has 0 radical (unpaired) electrons. The minimum absolute atomic E-state index is 0. The molecule has 0 spiro atoms. The van der Waals surface area contributed by atoms with Crippen molar-refractivity contribution < 1.29 is 0 Å². The van der Waals surface area contributed by atoms with E-state index in [9.17, 15) is 0 Å². The predicted molar refractivity (Wildman–Crippen MR) is 124 cm³/mol. The van der Waals surface area contributed by atoms with Gasteiger partial charge in [-0.25, -0.2) is 4.98 Å². The first kappa shape index (κ1) is 21.5. The van der Waals surface area contributed by atoms with E-state index in [0.717, 1.165) is 50.9 Å². The summed E-state index contributed by atoms with van der Waals surface area (Å²) in [7, 11) is 1.87. The first-order valence-corrected chi connectivity index (χ1v) is 9.34. The van der Waals surface area contributed by atoms with Gasteiger partial charge in [0.2, 0.25) is 0 Å². The summed E-state index contributed by atoms with van der Waals surface area (Å²) in [5, 5.41) is 3.52. The summed E-state index contributed by atoms with van der Waals surface area (Å²) in [6, 6.07) is 12.8. The van der Waals surface area contributed by atoms with Crippen LogP contribution < -0.4 is 10.2 Å². The maximum absolute atomic E-state index is 4.47. The normalized spacial score (nSPS) is 14.7. The number of hydrogen-bond acceptors (Lipinski definition) is 3. The number of hydrogen-bond donors (Lipinski definition) is 1. The zero-order valence-corrected chi connectivity index (χ0v) is 18.8. The average Bonchev–Trinajstić information content (AvgIpc) is 2.65. The molecule has 0 saturated carbocycles. The summed E-state index contributed by atoms with van der Waals surface area (Å²) in [4.78, 5) is 13.6. The number of pyridine rings is 1. The zero-order valence-electron chi connectivity index (χ0n) is 16.5. The third-order valence-corrected chi connectivity index (χ3v) is 4.74. The van der Waals surface area contributed by atoms with Crippen molar-refractivity contribution in [3.8, 4) is 0 Å². The third kappa shape index (κ3) is 6.09. The molecule has 0 aliphatic carbocycles. The highest BCUT2D eigenvalue weighted by Crippen LogP contribution is 2.13. The first-order chi connectivity index (χ1) is 12.7. The molecule has 0 unspecified atom stereocenters. The Bertz CT molecular complexity index is 719. The molecular weight excluding hydrogens is 449 g/mol. The Hall–Kier alpha value is -1.83. The van der Waals surface area contributed by atoms with E-state index in [1.165, 1.54) is 16.7 Å². The Morgan fingerprint density at radius 1 is 1.07 bits per heavy atom. The second-order valence-electron chi connectivity index (χ2n) is 6.88. The lowest BCUT2D eigenvalue weighted by Gasteiger charge is -2.37. The molecular formula is C21H30IN5. The van der Waals surface area contributed by atoms with Gasteiger partial charge in [-0.2, -0.15) is 0 Å². The predicted octanol–water partition coefficient (Wildman–Crippen LogP) is 3.26. The van der Waals surface area contributed by atoms with Gasteiger partial charge in [-0.3, -0.25) is 4.99 Å². The van der Waals surface area contributed by atoms with Crippen molar-refractivity contribution in [3.05, 3.63) is 59.3 Å². The molecule has 1 aromatic carbocycles. The molecule has 146 valence electrons. The monoisotopic (exact) mass is 479 g/mol. The van der Waals surface area contributed by atoms with Crippen LogP contribution in [0.2, 0.25) is 0 Å². The second-order valence-corrected chi connectivity index (χ2v) is 6.88. The van der Waals surface area contributed by atoms with Crippen LogP contribution in [0.5, 0.6) is 0 Å². The number of rotatable bonds is 4. The lowest BCUT2D eigenvalue weighted by Crippen LogP contribution is -2.53. The fourth-order valence-electron chi connectivity index (χ4n) is 3.55. The minimum atomic E-state index is 0. The highest BCUT2D eigenvalue weighted by molar-refractivity contribution is 14.0. The molecule has 0 bridgehead atoms. The number of aromatic nitrogens is 1. The SMILES string of the molecule is CN=C(NCCc1cc(C)cc(C)c1)N1CCN(c2ccccn2)CC1.I. The van der Waals surface area contributed by atoms with Gasteiger partial charge in [0.1, 0.15) is 5.82 Å². The number of guanidine groups is 1.